The molecule has 0 spiro atoms. The number of fused-ring (bicyclic) bond motifs is 1. The Kier molecular flexibility index (Phi) is 5.10. The molecule has 1 atom stereocenters. The molecule has 4 rings (SSSR count). The Morgan fingerprint density at radius 2 is 1.74 bits per heavy atom. The van der Waals surface area contributed by atoms with Gasteiger partial charge in [0.15, 0.2) is 21.5 Å². The lowest BCUT2D eigenvalue weighted by molar-refractivity contribution is -0.115. The molecule has 1 aliphatic rings. The minimum atomic E-state index is -3.77. The van der Waals surface area contributed by atoms with Crippen molar-refractivity contribution in [2.45, 2.75) is 30.9 Å². The fourth-order valence-electron chi connectivity index (χ4n) is 3.35. The van der Waals surface area contributed by atoms with Crippen LogP contribution in [-0.2, 0) is 14.6 Å². The molecule has 3 N–H and O–H groups in total. The van der Waals surface area contributed by atoms with Crippen LogP contribution in [0.4, 0.5) is 33.2 Å². The molecule has 1 amide bonds. The lowest BCUT2D eigenvalue weighted by Crippen LogP contribution is -2.37. The molecular weight excluding hydrogens is 421 g/mol. The minimum Gasteiger partial charge on any atom is -0.338 e. The van der Waals surface area contributed by atoms with Crippen LogP contribution in [0.2, 0.25) is 0 Å². The quantitative estimate of drug-likeness (QED) is 0.564. The molecule has 0 saturated heterocycles. The Hall–Kier alpha value is -3.53. The fraction of sp³-hybridized carbons (Fsp3) is 0.190. The van der Waals surface area contributed by atoms with Crippen LogP contribution in [0.3, 0.4) is 0 Å². The number of aryl methyl sites for hydroxylation is 2. The summed E-state index contributed by atoms with van der Waals surface area (Å²) in [4.78, 5) is 20.1. The number of aromatic nitrogens is 2. The van der Waals surface area contributed by atoms with Gasteiger partial charge in [-0.3, -0.25) is 4.79 Å². The smallest absolute Gasteiger partial charge is 0.242 e. The number of carbonyl (C=O) groups excluding carboxylic acids is 1. The third kappa shape index (κ3) is 4.06. The molecule has 0 bridgehead atoms. The number of benzene rings is 2. The Balaban J connectivity index is 1.62. The number of hydrogen-bond donors (Lipinski definition) is 3. The van der Waals surface area contributed by atoms with Gasteiger partial charge in [-0.25, -0.2) is 17.8 Å². The van der Waals surface area contributed by atoms with Gasteiger partial charge in [0.25, 0.3) is 0 Å². The Bertz CT molecular complexity index is 1290. The van der Waals surface area contributed by atoms with Gasteiger partial charge in [-0.15, -0.1) is 0 Å². The summed E-state index contributed by atoms with van der Waals surface area (Å²) in [5.74, 6) is -1.21. The van der Waals surface area contributed by atoms with Crippen molar-refractivity contribution in [3.8, 4) is 0 Å². The number of hydrogen-bond acceptors (Lipinski definition) is 7. The van der Waals surface area contributed by atoms with Crippen LogP contribution in [0.1, 0.15) is 18.1 Å². The molecular formula is C21H20FN5O3S. The van der Waals surface area contributed by atoms with E-state index in [-0.39, 0.29) is 22.3 Å². The molecule has 2 heterocycles. The number of halogens is 1. The fourth-order valence-corrected chi connectivity index (χ4v) is 4.74. The normalized spacial score (nSPS) is 16.9. The maximum Gasteiger partial charge on any atom is 0.242 e. The third-order valence-corrected chi connectivity index (χ3v) is 6.98. The first kappa shape index (κ1) is 20.7. The summed E-state index contributed by atoms with van der Waals surface area (Å²) in [7, 11) is -3.77. The third-order valence-electron chi connectivity index (χ3n) is 4.86. The summed E-state index contributed by atoms with van der Waals surface area (Å²) < 4.78 is 39.2. The van der Waals surface area contributed by atoms with Crippen LogP contribution in [0.25, 0.3) is 0 Å². The van der Waals surface area contributed by atoms with Crippen LogP contribution < -0.4 is 16.0 Å². The van der Waals surface area contributed by atoms with Gasteiger partial charge in [0, 0.05) is 11.4 Å². The zero-order chi connectivity index (χ0) is 22.3. The molecule has 0 radical (unpaired) electrons. The van der Waals surface area contributed by atoms with Crippen molar-refractivity contribution in [2.75, 3.05) is 16.0 Å². The van der Waals surface area contributed by atoms with Crippen molar-refractivity contribution in [1.29, 1.82) is 0 Å². The maximum absolute atomic E-state index is 14.3. The standard InChI is InChI=1S/C21H20FN5O3S/c1-11-6-12(2)8-15(7-11)25-21-23-10-16(22)19(27-21)24-14-4-5-18-17(9-14)26-20(28)13(3)31(18,29)30/h4-10,13H,1-3H3,(H,26,28)(H2,23,24,25,27). The predicted molar refractivity (Wildman–Crippen MR) is 116 cm³/mol. The summed E-state index contributed by atoms with van der Waals surface area (Å²) in [6.07, 6.45) is 1.03. The van der Waals surface area contributed by atoms with Crippen LogP contribution in [-0.4, -0.2) is 29.5 Å². The van der Waals surface area contributed by atoms with E-state index in [1.54, 1.807) is 0 Å². The van der Waals surface area contributed by atoms with E-state index in [0.717, 1.165) is 23.0 Å². The average molecular weight is 441 g/mol. The highest BCUT2D eigenvalue weighted by atomic mass is 32.2. The van der Waals surface area contributed by atoms with E-state index < -0.39 is 26.8 Å². The average Bonchev–Trinajstić information content (AvgIpc) is 2.68. The van der Waals surface area contributed by atoms with E-state index in [1.807, 2.05) is 32.0 Å². The first-order valence-electron chi connectivity index (χ1n) is 9.47. The Morgan fingerprint density at radius 1 is 1.03 bits per heavy atom. The van der Waals surface area contributed by atoms with Crippen LogP contribution in [0.5, 0.6) is 0 Å². The molecule has 160 valence electrons. The van der Waals surface area contributed by atoms with Crippen molar-refractivity contribution in [1.82, 2.24) is 9.97 Å². The second-order valence-corrected chi connectivity index (χ2v) is 9.64. The molecule has 1 aromatic heterocycles. The lowest BCUT2D eigenvalue weighted by atomic mass is 10.1. The van der Waals surface area contributed by atoms with Gasteiger partial charge in [-0.1, -0.05) is 6.07 Å². The first-order chi connectivity index (χ1) is 14.6. The molecule has 0 aliphatic carbocycles. The van der Waals surface area contributed by atoms with Crippen LogP contribution in [0.15, 0.2) is 47.5 Å². The van der Waals surface area contributed by atoms with Crippen LogP contribution in [0, 0.1) is 19.7 Å². The number of amides is 1. The maximum atomic E-state index is 14.3. The SMILES string of the molecule is Cc1cc(C)cc(Nc2ncc(F)c(Nc3ccc4c(c3)NC(=O)C(C)S4(=O)=O)n2)c1. The van der Waals surface area contributed by atoms with E-state index in [1.165, 1.54) is 25.1 Å². The molecule has 1 aliphatic heterocycles. The molecule has 1 unspecified atom stereocenters. The Morgan fingerprint density at radius 3 is 2.45 bits per heavy atom. The van der Waals surface area contributed by atoms with Gasteiger partial charge in [0.1, 0.15) is 5.25 Å². The number of nitrogens with one attached hydrogen (secondary N) is 3. The largest absolute Gasteiger partial charge is 0.338 e. The number of carbonyl (C=O) groups is 1. The summed E-state index contributed by atoms with van der Waals surface area (Å²) in [5.41, 5.74) is 3.38. The molecule has 8 nitrogen and oxygen atoms in total. The van der Waals surface area contributed by atoms with E-state index in [0.29, 0.717) is 5.69 Å². The van der Waals surface area contributed by atoms with Gasteiger partial charge in [0.2, 0.25) is 11.9 Å². The van der Waals surface area contributed by atoms with Crippen molar-refractivity contribution in [3.05, 3.63) is 59.5 Å². The molecule has 10 heteroatoms. The van der Waals surface area contributed by atoms with Crippen molar-refractivity contribution in [2.24, 2.45) is 0 Å². The van der Waals surface area contributed by atoms with E-state index >= 15 is 0 Å². The summed E-state index contributed by atoms with van der Waals surface area (Å²) in [6, 6.07) is 10.1. The minimum absolute atomic E-state index is 0.0190. The number of anilines is 5. The predicted octanol–water partition coefficient (Wildman–Crippen LogP) is 3.83. The molecule has 31 heavy (non-hydrogen) atoms. The summed E-state index contributed by atoms with van der Waals surface area (Å²) >= 11 is 0. The zero-order valence-corrected chi connectivity index (χ0v) is 17.8. The summed E-state index contributed by atoms with van der Waals surface area (Å²) in [6.45, 7) is 5.26. The molecule has 3 aromatic rings. The highest BCUT2D eigenvalue weighted by Gasteiger charge is 2.36. The van der Waals surface area contributed by atoms with Crippen LogP contribution >= 0.6 is 0 Å². The number of nitrogens with zero attached hydrogens (tertiary/aromatic N) is 2. The van der Waals surface area contributed by atoms with Gasteiger partial charge in [-0.2, -0.15) is 4.98 Å². The van der Waals surface area contributed by atoms with E-state index in [2.05, 4.69) is 25.9 Å². The second-order valence-electron chi connectivity index (χ2n) is 7.40. The first-order valence-corrected chi connectivity index (χ1v) is 11.0. The molecule has 0 saturated carbocycles. The van der Waals surface area contributed by atoms with Gasteiger partial charge in [0.05, 0.1) is 16.8 Å². The monoisotopic (exact) mass is 441 g/mol. The van der Waals surface area contributed by atoms with Gasteiger partial charge in [-0.05, 0) is 62.2 Å². The number of sulfone groups is 1. The number of rotatable bonds is 4. The molecule has 2 aromatic carbocycles. The van der Waals surface area contributed by atoms with Crippen molar-refractivity contribution in [3.63, 3.8) is 0 Å². The van der Waals surface area contributed by atoms with Crippen molar-refractivity contribution < 1.29 is 17.6 Å². The highest BCUT2D eigenvalue weighted by Crippen LogP contribution is 2.33. The summed E-state index contributed by atoms with van der Waals surface area (Å²) in [5, 5.41) is 7.25. The zero-order valence-electron chi connectivity index (χ0n) is 17.0. The van der Waals surface area contributed by atoms with Crippen molar-refractivity contribution >= 4 is 44.6 Å². The highest BCUT2D eigenvalue weighted by molar-refractivity contribution is 7.93. The topological polar surface area (TPSA) is 113 Å². The van der Waals surface area contributed by atoms with Gasteiger partial charge < -0.3 is 16.0 Å². The van der Waals surface area contributed by atoms with Gasteiger partial charge >= 0.3 is 0 Å². The molecule has 0 fully saturated rings. The Labute approximate surface area is 178 Å². The second kappa shape index (κ2) is 7.62. The lowest BCUT2D eigenvalue weighted by Gasteiger charge is -2.23. The van der Waals surface area contributed by atoms with E-state index in [9.17, 15) is 17.6 Å². The van der Waals surface area contributed by atoms with E-state index in [4.69, 9.17) is 0 Å².